The molecule has 0 aromatic carbocycles. The number of aliphatic carboxylic acids is 1. The van der Waals surface area contributed by atoms with Crippen molar-refractivity contribution in [2.24, 2.45) is 0 Å². The van der Waals surface area contributed by atoms with Crippen molar-refractivity contribution in [3.05, 3.63) is 0 Å². The normalized spacial score (nSPS) is 13.4. The average Bonchev–Trinajstić information content (AvgIpc) is 2.27. The molecule has 0 bridgehead atoms. The van der Waals surface area contributed by atoms with Crippen LogP contribution in [0, 0.1) is 0 Å². The lowest BCUT2D eigenvalue weighted by atomic mass is 10.2. The summed E-state index contributed by atoms with van der Waals surface area (Å²) in [6, 6.07) is -1.24. The summed E-state index contributed by atoms with van der Waals surface area (Å²) in [5, 5.41) is 17.4. The van der Waals surface area contributed by atoms with E-state index in [0.717, 1.165) is 25.7 Å². The van der Waals surface area contributed by atoms with Crippen LogP contribution in [0.5, 0.6) is 0 Å². The highest BCUT2D eigenvalue weighted by atomic mass is 32.2. The van der Waals surface area contributed by atoms with Crippen LogP contribution < -0.4 is 4.72 Å². The summed E-state index contributed by atoms with van der Waals surface area (Å²) >= 11 is 0. The smallest absolute Gasteiger partial charge is 0.321 e. The average molecular weight is 281 g/mol. The van der Waals surface area contributed by atoms with Crippen molar-refractivity contribution in [1.29, 1.82) is 0 Å². The van der Waals surface area contributed by atoms with Gasteiger partial charge in [0, 0.05) is 6.61 Å². The van der Waals surface area contributed by atoms with Gasteiger partial charge in [-0.1, -0.05) is 32.6 Å². The Kier molecular flexibility index (Phi) is 8.95. The van der Waals surface area contributed by atoms with Gasteiger partial charge < -0.3 is 10.2 Å². The highest BCUT2D eigenvalue weighted by molar-refractivity contribution is 7.89. The Morgan fingerprint density at radius 3 is 2.33 bits per heavy atom. The van der Waals surface area contributed by atoms with Crippen LogP contribution in [0.1, 0.15) is 45.4 Å². The summed E-state index contributed by atoms with van der Waals surface area (Å²) in [5.74, 6) is -1.33. The van der Waals surface area contributed by atoms with Crippen molar-refractivity contribution >= 4 is 16.0 Å². The standard InChI is InChI=1S/C11H23NO5S/c1-2-3-4-5-6-9-18(16,17)12-10(7-8-13)11(14)15/h10,12-13H,2-9H2,1H3,(H,14,15)/t10-/m0/s1. The summed E-state index contributed by atoms with van der Waals surface area (Å²) < 4.78 is 25.3. The van der Waals surface area contributed by atoms with Crippen LogP contribution in [-0.4, -0.2) is 43.0 Å². The molecule has 0 rings (SSSR count). The van der Waals surface area contributed by atoms with Gasteiger partial charge in [0.25, 0.3) is 0 Å². The fourth-order valence-electron chi connectivity index (χ4n) is 1.53. The molecule has 18 heavy (non-hydrogen) atoms. The number of hydrogen-bond donors (Lipinski definition) is 3. The number of rotatable bonds is 11. The van der Waals surface area contributed by atoms with Gasteiger partial charge in [-0.05, 0) is 12.8 Å². The van der Waals surface area contributed by atoms with Gasteiger partial charge >= 0.3 is 5.97 Å². The molecule has 0 spiro atoms. The molecular weight excluding hydrogens is 258 g/mol. The molecule has 3 N–H and O–H groups in total. The van der Waals surface area contributed by atoms with E-state index in [-0.39, 0.29) is 18.8 Å². The van der Waals surface area contributed by atoms with Gasteiger partial charge in [0.1, 0.15) is 6.04 Å². The van der Waals surface area contributed by atoms with Gasteiger partial charge in [-0.2, -0.15) is 0 Å². The van der Waals surface area contributed by atoms with Gasteiger partial charge in [0.2, 0.25) is 10.0 Å². The van der Waals surface area contributed by atoms with Crippen LogP contribution in [0.15, 0.2) is 0 Å². The first-order valence-electron chi connectivity index (χ1n) is 6.26. The molecule has 6 nitrogen and oxygen atoms in total. The van der Waals surface area contributed by atoms with Gasteiger partial charge in [-0.15, -0.1) is 0 Å². The zero-order chi connectivity index (χ0) is 14.0. The number of unbranched alkanes of at least 4 members (excludes halogenated alkanes) is 4. The number of aliphatic hydroxyl groups is 1. The van der Waals surface area contributed by atoms with Crippen LogP contribution in [-0.2, 0) is 14.8 Å². The van der Waals surface area contributed by atoms with Crippen molar-refractivity contribution < 1.29 is 23.4 Å². The third kappa shape index (κ3) is 8.43. The molecule has 0 aliphatic carbocycles. The fourth-order valence-corrected chi connectivity index (χ4v) is 2.89. The number of nitrogens with one attached hydrogen (secondary N) is 1. The molecule has 0 radical (unpaired) electrons. The minimum atomic E-state index is -3.58. The van der Waals surface area contributed by atoms with E-state index in [0.29, 0.717) is 6.42 Å². The predicted octanol–water partition coefficient (Wildman–Crippen LogP) is 0.712. The van der Waals surface area contributed by atoms with Crippen molar-refractivity contribution in [3.8, 4) is 0 Å². The number of hydrogen-bond acceptors (Lipinski definition) is 4. The van der Waals surface area contributed by atoms with E-state index in [2.05, 4.69) is 11.6 Å². The summed E-state index contributed by atoms with van der Waals surface area (Å²) in [5.41, 5.74) is 0. The maximum absolute atomic E-state index is 11.6. The van der Waals surface area contributed by atoms with E-state index in [9.17, 15) is 13.2 Å². The van der Waals surface area contributed by atoms with E-state index in [1.807, 2.05) is 0 Å². The van der Waals surface area contributed by atoms with Gasteiger partial charge in [-0.3, -0.25) is 4.79 Å². The minimum Gasteiger partial charge on any atom is -0.480 e. The summed E-state index contributed by atoms with van der Waals surface area (Å²) in [4.78, 5) is 10.7. The van der Waals surface area contributed by atoms with Crippen LogP contribution >= 0.6 is 0 Å². The lowest BCUT2D eigenvalue weighted by Crippen LogP contribution is -2.42. The van der Waals surface area contributed by atoms with E-state index < -0.39 is 22.0 Å². The molecular formula is C11H23NO5S. The number of carboxylic acids is 1. The van der Waals surface area contributed by atoms with Crippen molar-refractivity contribution in [1.82, 2.24) is 4.72 Å². The van der Waals surface area contributed by atoms with Gasteiger partial charge in [-0.25, -0.2) is 13.1 Å². The highest BCUT2D eigenvalue weighted by Crippen LogP contribution is 2.05. The van der Waals surface area contributed by atoms with E-state index in [1.54, 1.807) is 0 Å². The zero-order valence-electron chi connectivity index (χ0n) is 10.8. The lowest BCUT2D eigenvalue weighted by molar-refractivity contribution is -0.139. The first-order valence-corrected chi connectivity index (χ1v) is 7.92. The second-order valence-electron chi connectivity index (χ2n) is 4.25. The molecule has 0 amide bonds. The second kappa shape index (κ2) is 9.29. The number of sulfonamides is 1. The summed E-state index contributed by atoms with van der Waals surface area (Å²) in [6.07, 6.45) is 4.39. The molecule has 108 valence electrons. The third-order valence-electron chi connectivity index (χ3n) is 2.55. The summed E-state index contributed by atoms with van der Waals surface area (Å²) in [7, 11) is -3.58. The quantitative estimate of drug-likeness (QED) is 0.484. The van der Waals surface area contributed by atoms with Gasteiger partial charge in [0.05, 0.1) is 5.75 Å². The molecule has 0 saturated carbocycles. The third-order valence-corrected chi connectivity index (χ3v) is 4.02. The Balaban J connectivity index is 4.08. The Bertz CT molecular complexity index is 328. The molecule has 0 aliphatic rings. The fraction of sp³-hybridized carbons (Fsp3) is 0.909. The van der Waals surface area contributed by atoms with E-state index in [4.69, 9.17) is 10.2 Å². The molecule has 0 aromatic rings. The largest absolute Gasteiger partial charge is 0.480 e. The van der Waals surface area contributed by atoms with Crippen molar-refractivity contribution in [2.45, 2.75) is 51.5 Å². The predicted molar refractivity (Wildman–Crippen MR) is 68.8 cm³/mol. The first kappa shape index (κ1) is 17.3. The minimum absolute atomic E-state index is 0.0636. The zero-order valence-corrected chi connectivity index (χ0v) is 11.6. The number of carboxylic acid groups (broad SMARTS) is 1. The highest BCUT2D eigenvalue weighted by Gasteiger charge is 2.22. The van der Waals surface area contributed by atoms with Crippen LogP contribution in [0.3, 0.4) is 0 Å². The number of aliphatic hydroxyl groups excluding tert-OH is 1. The molecule has 0 aliphatic heterocycles. The maximum Gasteiger partial charge on any atom is 0.321 e. The Hall–Kier alpha value is -0.660. The lowest BCUT2D eigenvalue weighted by Gasteiger charge is -2.13. The Morgan fingerprint density at radius 1 is 1.22 bits per heavy atom. The molecule has 0 heterocycles. The van der Waals surface area contributed by atoms with E-state index >= 15 is 0 Å². The van der Waals surface area contributed by atoms with Gasteiger partial charge in [0.15, 0.2) is 0 Å². The topological polar surface area (TPSA) is 104 Å². The number of carbonyl (C=O) groups is 1. The van der Waals surface area contributed by atoms with Crippen molar-refractivity contribution in [2.75, 3.05) is 12.4 Å². The molecule has 7 heteroatoms. The molecule has 0 unspecified atom stereocenters. The summed E-state index contributed by atoms with van der Waals surface area (Å²) in [6.45, 7) is 1.71. The van der Waals surface area contributed by atoms with Crippen LogP contribution in [0.4, 0.5) is 0 Å². The maximum atomic E-state index is 11.6. The Labute approximate surface area is 108 Å². The SMILES string of the molecule is CCCCCCCS(=O)(=O)N[C@@H](CCO)C(=O)O. The Morgan fingerprint density at radius 2 is 1.83 bits per heavy atom. The molecule has 0 fully saturated rings. The monoisotopic (exact) mass is 281 g/mol. The second-order valence-corrected chi connectivity index (χ2v) is 6.13. The first-order chi connectivity index (χ1) is 8.43. The van der Waals surface area contributed by atoms with Crippen LogP contribution in [0.2, 0.25) is 0 Å². The molecule has 0 saturated heterocycles. The van der Waals surface area contributed by atoms with Crippen LogP contribution in [0.25, 0.3) is 0 Å². The molecule has 0 aromatic heterocycles. The molecule has 1 atom stereocenters. The van der Waals surface area contributed by atoms with E-state index in [1.165, 1.54) is 0 Å². The van der Waals surface area contributed by atoms with Crippen molar-refractivity contribution in [3.63, 3.8) is 0 Å².